The van der Waals surface area contributed by atoms with Crippen molar-refractivity contribution in [3.05, 3.63) is 27.0 Å². The van der Waals surface area contributed by atoms with Crippen molar-refractivity contribution < 1.29 is 4.74 Å². The van der Waals surface area contributed by atoms with Gasteiger partial charge in [0.05, 0.1) is 21.3 Å². The number of hydrogen-bond acceptors (Lipinski definition) is 4. The van der Waals surface area contributed by atoms with Crippen LogP contribution in [0, 0.1) is 27.7 Å². The molecule has 0 bridgehead atoms. The fourth-order valence-corrected chi connectivity index (χ4v) is 2.66. The molecule has 2 heterocycles. The van der Waals surface area contributed by atoms with Crippen LogP contribution in [0.4, 0.5) is 0 Å². The van der Waals surface area contributed by atoms with Crippen LogP contribution in [0.2, 0.25) is 0 Å². The van der Waals surface area contributed by atoms with Crippen LogP contribution in [-0.2, 0) is 13.7 Å². The first kappa shape index (κ1) is 12.1. The van der Waals surface area contributed by atoms with Crippen LogP contribution in [0.1, 0.15) is 27.0 Å². The van der Waals surface area contributed by atoms with Crippen LogP contribution in [0.5, 0.6) is 5.75 Å². The molecule has 2 aromatic rings. The van der Waals surface area contributed by atoms with Crippen molar-refractivity contribution in [2.24, 2.45) is 7.05 Å². The molecule has 0 radical (unpaired) electrons. The third kappa shape index (κ3) is 2.34. The van der Waals surface area contributed by atoms with E-state index in [0.717, 1.165) is 27.8 Å². The molecule has 0 saturated heterocycles. The Bertz CT molecular complexity index is 542. The van der Waals surface area contributed by atoms with Gasteiger partial charge >= 0.3 is 0 Å². The average molecular weight is 251 g/mol. The molecule has 0 unspecified atom stereocenters. The third-order valence-corrected chi connectivity index (χ3v) is 3.84. The van der Waals surface area contributed by atoms with Crippen LogP contribution in [0.3, 0.4) is 0 Å². The van der Waals surface area contributed by atoms with Crippen LogP contribution in [0.15, 0.2) is 0 Å². The van der Waals surface area contributed by atoms with E-state index in [1.54, 1.807) is 11.3 Å². The summed E-state index contributed by atoms with van der Waals surface area (Å²) in [4.78, 5) is 5.58. The molecule has 0 atom stereocenters. The zero-order valence-electron chi connectivity index (χ0n) is 10.9. The van der Waals surface area contributed by atoms with Gasteiger partial charge in [-0.05, 0) is 27.7 Å². The fraction of sp³-hybridized carbons (Fsp3) is 0.500. The van der Waals surface area contributed by atoms with Crippen LogP contribution < -0.4 is 4.74 Å². The molecular formula is C12H17N3OS. The number of nitrogens with zero attached hydrogens (tertiary/aromatic N) is 3. The Balaban J connectivity index is 2.15. The number of rotatable bonds is 3. The molecule has 0 aromatic carbocycles. The highest BCUT2D eigenvalue weighted by Gasteiger charge is 2.12. The molecule has 0 amide bonds. The lowest BCUT2D eigenvalue weighted by Gasteiger charge is -2.05. The topological polar surface area (TPSA) is 39.9 Å². The minimum absolute atomic E-state index is 0.574. The molecule has 92 valence electrons. The summed E-state index contributed by atoms with van der Waals surface area (Å²) >= 11 is 1.69. The van der Waals surface area contributed by atoms with Gasteiger partial charge in [0.1, 0.15) is 12.3 Å². The van der Waals surface area contributed by atoms with E-state index in [0.29, 0.717) is 6.61 Å². The third-order valence-electron chi connectivity index (χ3n) is 2.79. The average Bonchev–Trinajstić information content (AvgIpc) is 2.67. The molecule has 2 rings (SSSR count). The summed E-state index contributed by atoms with van der Waals surface area (Å²) in [5, 5.41) is 5.41. The largest absolute Gasteiger partial charge is 0.484 e. The van der Waals surface area contributed by atoms with Crippen LogP contribution in [-0.4, -0.2) is 14.8 Å². The van der Waals surface area contributed by atoms with E-state index < -0.39 is 0 Å². The second-order valence-electron chi connectivity index (χ2n) is 4.15. The molecule has 5 heteroatoms. The Labute approximate surface area is 105 Å². The maximum absolute atomic E-state index is 5.86. The fourth-order valence-electron chi connectivity index (χ4n) is 1.81. The predicted octanol–water partition coefficient (Wildman–Crippen LogP) is 2.69. The molecule has 0 aliphatic carbocycles. The summed E-state index contributed by atoms with van der Waals surface area (Å²) in [6.45, 7) is 8.59. The van der Waals surface area contributed by atoms with E-state index in [9.17, 15) is 0 Å². The molecule has 0 saturated carbocycles. The van der Waals surface area contributed by atoms with Crippen LogP contribution >= 0.6 is 11.3 Å². The maximum atomic E-state index is 5.86. The Morgan fingerprint density at radius 2 is 1.88 bits per heavy atom. The molecular weight excluding hydrogens is 234 g/mol. The van der Waals surface area contributed by atoms with E-state index >= 15 is 0 Å². The highest BCUT2D eigenvalue weighted by Crippen LogP contribution is 2.24. The maximum Gasteiger partial charge on any atom is 0.163 e. The highest BCUT2D eigenvalue weighted by atomic mass is 32.1. The molecule has 2 aromatic heterocycles. The summed E-state index contributed by atoms with van der Waals surface area (Å²) in [7, 11) is 1.93. The number of aromatic nitrogens is 3. The van der Waals surface area contributed by atoms with Gasteiger partial charge in [-0.1, -0.05) is 0 Å². The monoisotopic (exact) mass is 251 g/mol. The number of hydrogen-bond donors (Lipinski definition) is 0. The Hall–Kier alpha value is -1.36. The lowest BCUT2D eigenvalue weighted by atomic mass is 10.3. The summed E-state index contributed by atoms with van der Waals surface area (Å²) in [5.41, 5.74) is 3.05. The Morgan fingerprint density at radius 1 is 1.18 bits per heavy atom. The summed E-state index contributed by atoms with van der Waals surface area (Å²) in [6, 6.07) is 0. The Kier molecular flexibility index (Phi) is 3.19. The lowest BCUT2D eigenvalue weighted by molar-refractivity contribution is 0.304. The molecule has 17 heavy (non-hydrogen) atoms. The van der Waals surface area contributed by atoms with Crippen molar-refractivity contribution in [3.8, 4) is 5.75 Å². The van der Waals surface area contributed by atoms with Crippen molar-refractivity contribution in [3.63, 3.8) is 0 Å². The molecule has 0 spiro atoms. The summed E-state index contributed by atoms with van der Waals surface area (Å²) < 4.78 is 7.70. The first-order valence-electron chi connectivity index (χ1n) is 5.55. The van der Waals surface area contributed by atoms with E-state index in [1.165, 1.54) is 4.88 Å². The van der Waals surface area contributed by atoms with Crippen molar-refractivity contribution in [2.45, 2.75) is 34.3 Å². The van der Waals surface area contributed by atoms with Gasteiger partial charge in [0.2, 0.25) is 0 Å². The van der Waals surface area contributed by atoms with Gasteiger partial charge in [0.15, 0.2) is 5.75 Å². The zero-order valence-corrected chi connectivity index (χ0v) is 11.7. The Morgan fingerprint density at radius 3 is 2.35 bits per heavy atom. The molecule has 4 nitrogen and oxygen atoms in total. The van der Waals surface area contributed by atoms with Crippen molar-refractivity contribution in [1.82, 2.24) is 14.8 Å². The van der Waals surface area contributed by atoms with Gasteiger partial charge in [0.25, 0.3) is 0 Å². The van der Waals surface area contributed by atoms with Crippen molar-refractivity contribution >= 4 is 11.3 Å². The van der Waals surface area contributed by atoms with Crippen molar-refractivity contribution in [2.75, 3.05) is 0 Å². The van der Waals surface area contributed by atoms with Crippen LogP contribution in [0.25, 0.3) is 0 Å². The molecule has 0 fully saturated rings. The molecule has 0 aliphatic heterocycles. The van der Waals surface area contributed by atoms with E-state index in [1.807, 2.05) is 39.4 Å². The standard InChI is InChI=1S/C12H17N3OS/c1-7-11(17-10(4)13-7)6-16-12-8(2)14-15(5)9(12)3/h6H2,1-5H3. The first-order valence-corrected chi connectivity index (χ1v) is 6.36. The summed E-state index contributed by atoms with van der Waals surface area (Å²) in [6.07, 6.45) is 0. The number of aryl methyl sites for hydroxylation is 4. The predicted molar refractivity (Wildman–Crippen MR) is 68.6 cm³/mol. The minimum Gasteiger partial charge on any atom is -0.484 e. The zero-order chi connectivity index (χ0) is 12.6. The van der Waals surface area contributed by atoms with E-state index in [2.05, 4.69) is 10.1 Å². The SMILES string of the molecule is Cc1nc(C)c(COc2c(C)nn(C)c2C)s1. The normalized spacial score (nSPS) is 10.9. The van der Waals surface area contributed by atoms with Gasteiger partial charge in [0, 0.05) is 7.05 Å². The van der Waals surface area contributed by atoms with Crippen molar-refractivity contribution in [1.29, 1.82) is 0 Å². The number of ether oxygens (including phenoxy) is 1. The second-order valence-corrected chi connectivity index (χ2v) is 5.44. The highest BCUT2D eigenvalue weighted by molar-refractivity contribution is 7.11. The summed E-state index contributed by atoms with van der Waals surface area (Å²) in [5.74, 6) is 0.887. The molecule has 0 N–H and O–H groups in total. The van der Waals surface area contributed by atoms with Gasteiger partial charge in [-0.15, -0.1) is 11.3 Å². The van der Waals surface area contributed by atoms with E-state index in [4.69, 9.17) is 4.74 Å². The first-order chi connectivity index (χ1) is 7.99. The molecule has 0 aliphatic rings. The van der Waals surface area contributed by atoms with Gasteiger partial charge in [-0.25, -0.2) is 4.98 Å². The lowest BCUT2D eigenvalue weighted by Crippen LogP contribution is -1.97. The number of thiazole rings is 1. The quantitative estimate of drug-likeness (QED) is 0.842. The minimum atomic E-state index is 0.574. The van der Waals surface area contributed by atoms with E-state index in [-0.39, 0.29) is 0 Å². The second kappa shape index (κ2) is 4.49. The van der Waals surface area contributed by atoms with Gasteiger partial charge < -0.3 is 4.74 Å². The van der Waals surface area contributed by atoms with Gasteiger partial charge in [-0.3, -0.25) is 4.68 Å². The smallest absolute Gasteiger partial charge is 0.163 e. The van der Waals surface area contributed by atoms with Gasteiger partial charge in [-0.2, -0.15) is 5.10 Å².